The number of anilines is 1. The maximum absolute atomic E-state index is 12.2. The molecule has 3 heterocycles. The number of nitrogen functional groups attached to an aromatic ring is 1. The number of aryl methyl sites for hydroxylation is 2. The van der Waals surface area contributed by atoms with E-state index in [1.165, 1.54) is 11.3 Å². The molecule has 3 aromatic heterocycles. The second-order valence-corrected chi connectivity index (χ2v) is 7.23. The molecule has 9 heteroatoms. The molecule has 1 amide bonds. The highest BCUT2D eigenvalue weighted by Crippen LogP contribution is 2.21. The highest BCUT2D eigenvalue weighted by atomic mass is 35.5. The number of thiophene rings is 1. The summed E-state index contributed by atoms with van der Waals surface area (Å²) in [6.07, 6.45) is 1.00. The van der Waals surface area contributed by atoms with Crippen LogP contribution in [0.1, 0.15) is 21.8 Å². The molecule has 0 radical (unpaired) electrons. The summed E-state index contributed by atoms with van der Waals surface area (Å²) >= 11 is 7.42. The molecule has 0 bridgehead atoms. The summed E-state index contributed by atoms with van der Waals surface area (Å²) in [4.78, 5) is 21.8. The highest BCUT2D eigenvalue weighted by Gasteiger charge is 2.15. The molecule has 0 unspecified atom stereocenters. The summed E-state index contributed by atoms with van der Waals surface area (Å²) in [5, 5.41) is 7.03. The summed E-state index contributed by atoms with van der Waals surface area (Å²) in [5.74, 6) is 0.556. The Morgan fingerprint density at radius 1 is 1.38 bits per heavy atom. The summed E-state index contributed by atoms with van der Waals surface area (Å²) in [6, 6.07) is 3.83. The van der Waals surface area contributed by atoms with Crippen LogP contribution in [0.15, 0.2) is 12.1 Å². The third-order valence-corrected chi connectivity index (χ3v) is 5.02. The van der Waals surface area contributed by atoms with Crippen LogP contribution >= 0.6 is 22.9 Å². The van der Waals surface area contributed by atoms with E-state index in [1.54, 1.807) is 4.52 Å². The third kappa shape index (κ3) is 3.49. The Morgan fingerprint density at radius 3 is 2.88 bits per heavy atom. The van der Waals surface area contributed by atoms with Crippen molar-refractivity contribution < 1.29 is 4.79 Å². The fourth-order valence-corrected chi connectivity index (χ4v) is 3.60. The van der Waals surface area contributed by atoms with E-state index in [0.29, 0.717) is 12.3 Å². The van der Waals surface area contributed by atoms with E-state index in [9.17, 15) is 4.79 Å². The van der Waals surface area contributed by atoms with E-state index < -0.39 is 0 Å². The van der Waals surface area contributed by atoms with E-state index >= 15 is 0 Å². The molecule has 0 fully saturated rings. The highest BCUT2D eigenvalue weighted by molar-refractivity contribution is 7.16. The minimum Gasteiger partial charge on any atom is -0.366 e. The summed E-state index contributed by atoms with van der Waals surface area (Å²) in [6.45, 7) is 4.31. The quantitative estimate of drug-likeness (QED) is 0.720. The number of nitrogens with two attached hydrogens (primary N) is 1. The lowest BCUT2D eigenvalue weighted by atomic mass is 10.1. The van der Waals surface area contributed by atoms with Gasteiger partial charge in [0.05, 0.1) is 10.8 Å². The molecule has 0 spiro atoms. The SMILES string of the molecule is Cc1nc2nc(N)nn2c(C)c1CC(=O)NCCc1ccc(Cl)s1. The average molecular weight is 365 g/mol. The van der Waals surface area contributed by atoms with Gasteiger partial charge in [0, 0.05) is 28.4 Å². The molecular weight excluding hydrogens is 348 g/mol. The van der Waals surface area contributed by atoms with Gasteiger partial charge >= 0.3 is 0 Å². The van der Waals surface area contributed by atoms with Crippen LogP contribution in [0, 0.1) is 13.8 Å². The van der Waals surface area contributed by atoms with Gasteiger partial charge in [-0.15, -0.1) is 16.4 Å². The van der Waals surface area contributed by atoms with E-state index in [0.717, 1.165) is 32.6 Å². The third-order valence-electron chi connectivity index (χ3n) is 3.73. The number of rotatable bonds is 5. The zero-order valence-electron chi connectivity index (χ0n) is 13.3. The molecule has 0 aliphatic heterocycles. The van der Waals surface area contributed by atoms with E-state index in [2.05, 4.69) is 20.4 Å². The second-order valence-electron chi connectivity index (χ2n) is 5.43. The minimum atomic E-state index is -0.0573. The Morgan fingerprint density at radius 2 is 2.17 bits per heavy atom. The van der Waals surface area contributed by atoms with Crippen LogP contribution in [-0.2, 0) is 17.6 Å². The van der Waals surface area contributed by atoms with E-state index in [1.807, 2.05) is 26.0 Å². The van der Waals surface area contributed by atoms with Gasteiger partial charge in [-0.2, -0.15) is 9.50 Å². The van der Waals surface area contributed by atoms with Gasteiger partial charge < -0.3 is 11.1 Å². The number of hydrogen-bond acceptors (Lipinski definition) is 6. The van der Waals surface area contributed by atoms with Gasteiger partial charge in [-0.3, -0.25) is 4.79 Å². The number of carbonyl (C=O) groups excluding carboxylic acids is 1. The van der Waals surface area contributed by atoms with Crippen LogP contribution in [0.4, 0.5) is 5.95 Å². The average Bonchev–Trinajstić information content (AvgIpc) is 3.09. The van der Waals surface area contributed by atoms with Crippen molar-refractivity contribution in [1.82, 2.24) is 24.9 Å². The van der Waals surface area contributed by atoms with Crippen LogP contribution in [0.2, 0.25) is 4.34 Å². The van der Waals surface area contributed by atoms with Crippen LogP contribution in [0.5, 0.6) is 0 Å². The normalized spacial score (nSPS) is 11.1. The Kier molecular flexibility index (Phi) is 4.68. The molecule has 0 atom stereocenters. The monoisotopic (exact) mass is 364 g/mol. The molecule has 3 aromatic rings. The van der Waals surface area contributed by atoms with Crippen molar-refractivity contribution in [2.75, 3.05) is 12.3 Å². The van der Waals surface area contributed by atoms with Crippen LogP contribution in [0.25, 0.3) is 5.78 Å². The fraction of sp³-hybridized carbons (Fsp3) is 0.333. The fourth-order valence-electron chi connectivity index (χ4n) is 2.51. The van der Waals surface area contributed by atoms with Crippen LogP contribution in [-0.4, -0.2) is 32.0 Å². The van der Waals surface area contributed by atoms with Gasteiger partial charge in [-0.05, 0) is 32.4 Å². The molecule has 0 aliphatic carbocycles. The number of hydrogen-bond donors (Lipinski definition) is 2. The molecule has 0 aliphatic rings. The smallest absolute Gasteiger partial charge is 0.254 e. The van der Waals surface area contributed by atoms with Crippen molar-refractivity contribution in [2.45, 2.75) is 26.7 Å². The van der Waals surface area contributed by atoms with Crippen molar-refractivity contribution >= 4 is 40.6 Å². The first-order valence-corrected chi connectivity index (χ1v) is 8.62. The van der Waals surface area contributed by atoms with Crippen molar-refractivity contribution in [2.24, 2.45) is 0 Å². The van der Waals surface area contributed by atoms with Gasteiger partial charge in [0.2, 0.25) is 11.9 Å². The summed E-state index contributed by atoms with van der Waals surface area (Å²) in [7, 11) is 0. The largest absolute Gasteiger partial charge is 0.366 e. The number of amides is 1. The first-order chi connectivity index (χ1) is 11.4. The minimum absolute atomic E-state index is 0.0573. The lowest BCUT2D eigenvalue weighted by Crippen LogP contribution is -2.28. The standard InChI is InChI=1S/C15H17ClN6OS/c1-8-11(9(2)22-15(19-8)20-14(17)21-22)7-13(23)18-6-5-10-3-4-12(16)24-10/h3-4H,5-7H2,1-2H3,(H2,17,21)(H,18,23). The van der Waals surface area contributed by atoms with Gasteiger partial charge in [-0.25, -0.2) is 4.98 Å². The topological polar surface area (TPSA) is 98.2 Å². The first-order valence-electron chi connectivity index (χ1n) is 7.43. The zero-order chi connectivity index (χ0) is 17.3. The number of aromatic nitrogens is 4. The van der Waals surface area contributed by atoms with Gasteiger partial charge in [-0.1, -0.05) is 11.6 Å². The Bertz CT molecular complexity index is 903. The molecule has 3 N–H and O–H groups in total. The van der Waals surface area contributed by atoms with Crippen molar-refractivity contribution in [1.29, 1.82) is 0 Å². The molecule has 24 heavy (non-hydrogen) atoms. The molecular formula is C15H17ClN6OS. The Hall–Kier alpha value is -2.19. The zero-order valence-corrected chi connectivity index (χ0v) is 14.9. The van der Waals surface area contributed by atoms with Gasteiger partial charge in [0.15, 0.2) is 0 Å². The van der Waals surface area contributed by atoms with E-state index in [4.69, 9.17) is 17.3 Å². The van der Waals surface area contributed by atoms with Crippen LogP contribution < -0.4 is 11.1 Å². The molecule has 0 saturated carbocycles. The van der Waals surface area contributed by atoms with Gasteiger partial charge in [0.25, 0.3) is 5.78 Å². The Balaban J connectivity index is 1.66. The maximum atomic E-state index is 12.2. The predicted molar refractivity (Wildman–Crippen MR) is 94.4 cm³/mol. The molecule has 7 nitrogen and oxygen atoms in total. The molecule has 3 rings (SSSR count). The molecule has 0 aromatic carbocycles. The van der Waals surface area contributed by atoms with Crippen molar-refractivity contribution in [3.63, 3.8) is 0 Å². The van der Waals surface area contributed by atoms with E-state index in [-0.39, 0.29) is 18.3 Å². The van der Waals surface area contributed by atoms with Crippen LogP contribution in [0.3, 0.4) is 0 Å². The Labute approximate surface area is 147 Å². The molecule has 0 saturated heterocycles. The predicted octanol–water partition coefficient (Wildman–Crippen LogP) is 1.94. The lowest BCUT2D eigenvalue weighted by Gasteiger charge is -2.10. The van der Waals surface area contributed by atoms with Crippen molar-refractivity contribution in [3.05, 3.63) is 38.3 Å². The second kappa shape index (κ2) is 6.74. The maximum Gasteiger partial charge on any atom is 0.254 e. The number of halogens is 1. The van der Waals surface area contributed by atoms with Gasteiger partial charge in [0.1, 0.15) is 0 Å². The number of nitrogens with zero attached hydrogens (tertiary/aromatic N) is 4. The number of carbonyl (C=O) groups is 1. The first kappa shape index (κ1) is 16.7. The van der Waals surface area contributed by atoms with Crippen molar-refractivity contribution in [3.8, 4) is 0 Å². The number of fused-ring (bicyclic) bond motifs is 1. The summed E-state index contributed by atoms with van der Waals surface area (Å²) < 4.78 is 2.33. The number of nitrogens with one attached hydrogen (secondary N) is 1. The lowest BCUT2D eigenvalue weighted by molar-refractivity contribution is -0.120. The summed E-state index contributed by atoms with van der Waals surface area (Å²) in [5.41, 5.74) is 8.03. The molecule has 126 valence electrons.